The summed E-state index contributed by atoms with van der Waals surface area (Å²) < 4.78 is 0. The van der Waals surface area contributed by atoms with E-state index in [1.165, 1.54) is 4.88 Å². The van der Waals surface area contributed by atoms with E-state index in [9.17, 15) is 14.7 Å². The number of carboxylic acid groups (broad SMARTS) is 1. The molecule has 2 atom stereocenters. The molecule has 1 saturated heterocycles. The quantitative estimate of drug-likeness (QED) is 0.938. The van der Waals surface area contributed by atoms with Crippen LogP contribution in [-0.4, -0.2) is 35.0 Å². The van der Waals surface area contributed by atoms with Gasteiger partial charge in [0.25, 0.3) is 0 Å². The molecule has 1 aliphatic rings. The van der Waals surface area contributed by atoms with Crippen LogP contribution < -0.4 is 0 Å². The molecule has 1 aromatic carbocycles. The molecule has 0 aliphatic carbocycles. The van der Waals surface area contributed by atoms with Crippen molar-refractivity contribution in [2.45, 2.75) is 19.3 Å². The summed E-state index contributed by atoms with van der Waals surface area (Å²) >= 11 is 1.62. The van der Waals surface area contributed by atoms with E-state index in [0.29, 0.717) is 13.0 Å². The molecule has 0 unspecified atom stereocenters. The van der Waals surface area contributed by atoms with Crippen molar-refractivity contribution in [1.29, 1.82) is 0 Å². The summed E-state index contributed by atoms with van der Waals surface area (Å²) in [6, 6.07) is 13.6. The fraction of sp³-hybridized carbons (Fsp3) is 0.333. The van der Waals surface area contributed by atoms with E-state index in [4.69, 9.17) is 0 Å². The van der Waals surface area contributed by atoms with Crippen LogP contribution in [0.15, 0.2) is 42.5 Å². The van der Waals surface area contributed by atoms with Crippen LogP contribution in [-0.2, 0) is 16.0 Å². The summed E-state index contributed by atoms with van der Waals surface area (Å²) in [6.07, 6.45) is 0.354. The van der Waals surface area contributed by atoms with Crippen LogP contribution in [0.4, 0.5) is 0 Å². The Labute approximate surface area is 139 Å². The van der Waals surface area contributed by atoms with Crippen molar-refractivity contribution in [2.24, 2.45) is 5.92 Å². The Morgan fingerprint density at radius 1 is 1.17 bits per heavy atom. The third-order valence-electron chi connectivity index (χ3n) is 4.34. The molecule has 1 fully saturated rings. The van der Waals surface area contributed by atoms with E-state index in [1.807, 2.05) is 49.4 Å². The van der Waals surface area contributed by atoms with Crippen molar-refractivity contribution in [3.05, 3.63) is 57.8 Å². The highest BCUT2D eigenvalue weighted by Gasteiger charge is 2.40. The van der Waals surface area contributed by atoms with Crippen molar-refractivity contribution in [3.8, 4) is 0 Å². The van der Waals surface area contributed by atoms with Crippen LogP contribution in [0.1, 0.15) is 21.2 Å². The van der Waals surface area contributed by atoms with Gasteiger partial charge < -0.3 is 10.0 Å². The van der Waals surface area contributed by atoms with Gasteiger partial charge in [-0.1, -0.05) is 30.3 Å². The molecule has 2 heterocycles. The smallest absolute Gasteiger partial charge is 0.308 e. The molecule has 0 radical (unpaired) electrons. The Kier molecular flexibility index (Phi) is 4.48. The van der Waals surface area contributed by atoms with Crippen LogP contribution in [0.25, 0.3) is 0 Å². The van der Waals surface area contributed by atoms with E-state index in [1.54, 1.807) is 16.2 Å². The lowest BCUT2D eigenvalue weighted by atomic mass is 9.89. The van der Waals surface area contributed by atoms with Gasteiger partial charge in [-0.15, -0.1) is 11.3 Å². The molecule has 0 spiro atoms. The SMILES string of the molecule is Cc1ccc(CC(=O)N2C[C@H](C(=O)O)[C@H](c3ccccc3)C2)s1. The Morgan fingerprint density at radius 3 is 2.52 bits per heavy atom. The van der Waals surface area contributed by atoms with Gasteiger partial charge in [-0.2, -0.15) is 0 Å². The van der Waals surface area contributed by atoms with Crippen LogP contribution in [0.2, 0.25) is 0 Å². The molecule has 3 rings (SSSR count). The van der Waals surface area contributed by atoms with Crippen LogP contribution in [0.3, 0.4) is 0 Å². The van der Waals surface area contributed by atoms with E-state index >= 15 is 0 Å². The molecule has 1 aliphatic heterocycles. The third-order valence-corrected chi connectivity index (χ3v) is 5.34. The molecule has 2 aromatic rings. The third kappa shape index (κ3) is 3.45. The molecule has 1 N–H and O–H groups in total. The lowest BCUT2D eigenvalue weighted by Gasteiger charge is -2.16. The van der Waals surface area contributed by atoms with Gasteiger partial charge >= 0.3 is 5.97 Å². The zero-order valence-corrected chi connectivity index (χ0v) is 13.8. The number of carboxylic acids is 1. The fourth-order valence-electron chi connectivity index (χ4n) is 3.14. The first kappa shape index (κ1) is 15.7. The Hall–Kier alpha value is -2.14. The number of amides is 1. The minimum Gasteiger partial charge on any atom is -0.481 e. The second-order valence-electron chi connectivity index (χ2n) is 5.95. The van der Waals surface area contributed by atoms with Gasteiger partial charge in [0.05, 0.1) is 12.3 Å². The highest BCUT2D eigenvalue weighted by Crippen LogP contribution is 2.33. The van der Waals surface area contributed by atoms with Crippen LogP contribution in [0.5, 0.6) is 0 Å². The Morgan fingerprint density at radius 2 is 1.91 bits per heavy atom. The van der Waals surface area contributed by atoms with E-state index in [0.717, 1.165) is 10.4 Å². The molecule has 23 heavy (non-hydrogen) atoms. The molecule has 4 nitrogen and oxygen atoms in total. The molecule has 5 heteroatoms. The summed E-state index contributed by atoms with van der Waals surface area (Å²) in [6.45, 7) is 2.78. The molecule has 1 aromatic heterocycles. The maximum Gasteiger partial charge on any atom is 0.308 e. The summed E-state index contributed by atoms with van der Waals surface area (Å²) in [7, 11) is 0. The number of carbonyl (C=O) groups excluding carboxylic acids is 1. The van der Waals surface area contributed by atoms with Gasteiger partial charge in [-0.3, -0.25) is 9.59 Å². The second kappa shape index (κ2) is 6.54. The maximum absolute atomic E-state index is 12.5. The summed E-state index contributed by atoms with van der Waals surface area (Å²) in [5.74, 6) is -1.49. The minimum absolute atomic E-state index is 0.0107. The maximum atomic E-state index is 12.5. The van der Waals surface area contributed by atoms with Gasteiger partial charge in [0.2, 0.25) is 5.91 Å². The number of aliphatic carboxylic acids is 1. The number of nitrogens with zero attached hydrogens (tertiary/aromatic N) is 1. The highest BCUT2D eigenvalue weighted by molar-refractivity contribution is 7.12. The predicted molar refractivity (Wildman–Crippen MR) is 89.6 cm³/mol. The van der Waals surface area contributed by atoms with Crippen molar-refractivity contribution < 1.29 is 14.7 Å². The molecule has 0 saturated carbocycles. The number of thiophene rings is 1. The average Bonchev–Trinajstić information content (AvgIpc) is 3.15. The molecular formula is C18H19NO3S. The van der Waals surface area contributed by atoms with Gasteiger partial charge in [0.15, 0.2) is 0 Å². The normalized spacial score (nSPS) is 20.7. The monoisotopic (exact) mass is 329 g/mol. The topological polar surface area (TPSA) is 57.6 Å². The largest absolute Gasteiger partial charge is 0.481 e. The van der Waals surface area contributed by atoms with E-state index < -0.39 is 11.9 Å². The van der Waals surface area contributed by atoms with Gasteiger partial charge in [0, 0.05) is 28.8 Å². The number of hydrogen-bond donors (Lipinski definition) is 1. The average molecular weight is 329 g/mol. The predicted octanol–water partition coefficient (Wildman–Crippen LogP) is 2.93. The standard InChI is InChI=1S/C18H19NO3S/c1-12-7-8-14(23-12)9-17(20)19-10-15(16(11-19)18(21)22)13-5-3-2-4-6-13/h2-8,15-16H,9-11H2,1H3,(H,21,22)/t15-,16-/m0/s1. The lowest BCUT2D eigenvalue weighted by Crippen LogP contribution is -2.31. The van der Waals surface area contributed by atoms with Crippen molar-refractivity contribution >= 4 is 23.2 Å². The van der Waals surface area contributed by atoms with Gasteiger partial charge in [-0.25, -0.2) is 0 Å². The van der Waals surface area contributed by atoms with E-state index in [2.05, 4.69) is 0 Å². The molecular weight excluding hydrogens is 310 g/mol. The summed E-state index contributed by atoms with van der Waals surface area (Å²) in [5, 5.41) is 9.50. The molecule has 1 amide bonds. The van der Waals surface area contributed by atoms with Gasteiger partial charge in [-0.05, 0) is 24.6 Å². The number of hydrogen-bond acceptors (Lipinski definition) is 3. The van der Waals surface area contributed by atoms with Crippen molar-refractivity contribution in [1.82, 2.24) is 4.90 Å². The zero-order chi connectivity index (χ0) is 16.4. The van der Waals surface area contributed by atoms with Crippen LogP contribution >= 0.6 is 11.3 Å². The summed E-state index contributed by atoms with van der Waals surface area (Å²) in [5.41, 5.74) is 0.988. The lowest BCUT2D eigenvalue weighted by molar-refractivity contribution is -0.141. The number of benzene rings is 1. The number of likely N-dealkylation sites (tertiary alicyclic amines) is 1. The second-order valence-corrected chi connectivity index (χ2v) is 7.32. The number of rotatable bonds is 4. The number of aryl methyl sites for hydroxylation is 1. The molecule has 120 valence electrons. The number of carbonyl (C=O) groups is 2. The van der Waals surface area contributed by atoms with Crippen LogP contribution in [0, 0.1) is 12.8 Å². The zero-order valence-electron chi connectivity index (χ0n) is 12.9. The Bertz CT molecular complexity index is 710. The van der Waals surface area contributed by atoms with E-state index in [-0.39, 0.29) is 18.4 Å². The first-order chi connectivity index (χ1) is 11.0. The highest BCUT2D eigenvalue weighted by atomic mass is 32.1. The summed E-state index contributed by atoms with van der Waals surface area (Å²) in [4.78, 5) is 28.0. The first-order valence-corrected chi connectivity index (χ1v) is 8.47. The molecule has 0 bridgehead atoms. The minimum atomic E-state index is -0.832. The fourth-order valence-corrected chi connectivity index (χ4v) is 4.02. The Balaban J connectivity index is 1.74. The van der Waals surface area contributed by atoms with Crippen molar-refractivity contribution in [3.63, 3.8) is 0 Å². The van der Waals surface area contributed by atoms with Crippen molar-refractivity contribution in [2.75, 3.05) is 13.1 Å². The first-order valence-electron chi connectivity index (χ1n) is 7.65. The van der Waals surface area contributed by atoms with Gasteiger partial charge in [0.1, 0.15) is 0 Å².